The predicted octanol–water partition coefficient (Wildman–Crippen LogP) is 1.21. The average Bonchev–Trinajstić information content (AvgIpc) is 3.16. The Morgan fingerprint density at radius 3 is 2.65 bits per heavy atom. The fourth-order valence-corrected chi connectivity index (χ4v) is 5.13. The number of nitriles is 1. The number of anilines is 1. The molecule has 1 saturated heterocycles. The molecule has 1 aromatic rings. The SMILES string of the molecule is CN(CC#N)CC(=O)N1CCCc2cc(S(=O)(=O)N3CCCC3)ccc21. The lowest BCUT2D eigenvalue weighted by molar-refractivity contribution is -0.119. The summed E-state index contributed by atoms with van der Waals surface area (Å²) in [4.78, 5) is 16.3. The molecule has 0 spiro atoms. The van der Waals surface area contributed by atoms with Crippen LogP contribution in [0.1, 0.15) is 24.8 Å². The molecule has 1 aromatic carbocycles. The molecule has 8 heteroatoms. The molecule has 7 nitrogen and oxygen atoms in total. The van der Waals surface area contributed by atoms with Gasteiger partial charge in [0.1, 0.15) is 0 Å². The minimum Gasteiger partial charge on any atom is -0.311 e. The van der Waals surface area contributed by atoms with E-state index in [9.17, 15) is 13.2 Å². The first kappa shape index (κ1) is 18.8. The molecule has 2 aliphatic heterocycles. The maximum atomic E-state index is 12.8. The number of sulfonamides is 1. The standard InChI is InChI=1S/C18H24N4O3S/c1-20(12-8-19)14-18(23)22-11-4-5-15-13-16(6-7-17(15)22)26(24,25)21-9-2-3-10-21/h6-7,13H,2-5,9-12,14H2,1H3. The van der Waals surface area contributed by atoms with Gasteiger partial charge in [-0.15, -0.1) is 0 Å². The van der Waals surface area contributed by atoms with Gasteiger partial charge in [0.2, 0.25) is 15.9 Å². The molecular formula is C18H24N4O3S. The van der Waals surface area contributed by atoms with E-state index < -0.39 is 10.0 Å². The van der Waals surface area contributed by atoms with Crippen LogP contribution in [0.25, 0.3) is 0 Å². The van der Waals surface area contributed by atoms with Gasteiger partial charge in [0.05, 0.1) is 24.1 Å². The van der Waals surface area contributed by atoms with Crippen LogP contribution < -0.4 is 4.90 Å². The second-order valence-electron chi connectivity index (χ2n) is 6.88. The van der Waals surface area contributed by atoms with Crippen LogP contribution in [0.4, 0.5) is 5.69 Å². The van der Waals surface area contributed by atoms with Gasteiger partial charge < -0.3 is 4.90 Å². The Hall–Kier alpha value is -1.95. The van der Waals surface area contributed by atoms with Crippen LogP contribution in [0, 0.1) is 11.3 Å². The average molecular weight is 376 g/mol. The first-order valence-electron chi connectivity index (χ1n) is 8.92. The van der Waals surface area contributed by atoms with Crippen molar-refractivity contribution in [2.75, 3.05) is 44.7 Å². The molecule has 0 atom stereocenters. The Morgan fingerprint density at radius 2 is 1.96 bits per heavy atom. The van der Waals surface area contributed by atoms with Crippen molar-refractivity contribution >= 4 is 21.6 Å². The van der Waals surface area contributed by atoms with E-state index in [2.05, 4.69) is 0 Å². The number of aryl methyl sites for hydroxylation is 1. The molecule has 140 valence electrons. The number of nitrogens with zero attached hydrogens (tertiary/aromatic N) is 4. The van der Waals surface area contributed by atoms with E-state index in [0.717, 1.165) is 36.9 Å². The summed E-state index contributed by atoms with van der Waals surface area (Å²) in [7, 11) is -1.72. The predicted molar refractivity (Wildman–Crippen MR) is 98.2 cm³/mol. The zero-order valence-electron chi connectivity index (χ0n) is 15.0. The van der Waals surface area contributed by atoms with Crippen molar-refractivity contribution in [3.05, 3.63) is 23.8 Å². The van der Waals surface area contributed by atoms with Crippen molar-refractivity contribution in [3.63, 3.8) is 0 Å². The highest BCUT2D eigenvalue weighted by atomic mass is 32.2. The Kier molecular flexibility index (Phi) is 5.61. The molecule has 1 amide bonds. The zero-order valence-corrected chi connectivity index (χ0v) is 15.8. The summed E-state index contributed by atoms with van der Waals surface area (Å²) >= 11 is 0. The summed E-state index contributed by atoms with van der Waals surface area (Å²) < 4.78 is 27.1. The third-order valence-corrected chi connectivity index (χ3v) is 6.81. The number of amides is 1. The summed E-state index contributed by atoms with van der Waals surface area (Å²) in [5, 5.41) is 8.74. The topological polar surface area (TPSA) is 84.7 Å². The number of rotatable bonds is 5. The van der Waals surface area contributed by atoms with E-state index in [0.29, 0.717) is 24.5 Å². The van der Waals surface area contributed by atoms with Crippen LogP contribution in [-0.2, 0) is 21.2 Å². The van der Waals surface area contributed by atoms with Gasteiger partial charge in [0.25, 0.3) is 0 Å². The highest BCUT2D eigenvalue weighted by molar-refractivity contribution is 7.89. The molecule has 0 radical (unpaired) electrons. The number of carbonyl (C=O) groups is 1. The van der Waals surface area contributed by atoms with Crippen LogP contribution >= 0.6 is 0 Å². The van der Waals surface area contributed by atoms with Gasteiger partial charge in [-0.1, -0.05) is 0 Å². The normalized spacial score (nSPS) is 18.0. The fraction of sp³-hybridized carbons (Fsp3) is 0.556. The lowest BCUT2D eigenvalue weighted by atomic mass is 10.0. The van der Waals surface area contributed by atoms with E-state index in [1.807, 2.05) is 6.07 Å². The van der Waals surface area contributed by atoms with Crippen molar-refractivity contribution in [1.29, 1.82) is 5.26 Å². The third kappa shape index (κ3) is 3.75. The van der Waals surface area contributed by atoms with Crippen molar-refractivity contribution in [1.82, 2.24) is 9.21 Å². The molecule has 1 fully saturated rings. The lowest BCUT2D eigenvalue weighted by Crippen LogP contribution is -2.42. The summed E-state index contributed by atoms with van der Waals surface area (Å²) in [6, 6.07) is 7.11. The van der Waals surface area contributed by atoms with Gasteiger partial charge in [-0.25, -0.2) is 8.42 Å². The van der Waals surface area contributed by atoms with Gasteiger partial charge >= 0.3 is 0 Å². The van der Waals surface area contributed by atoms with Gasteiger partial charge in [-0.2, -0.15) is 9.57 Å². The monoisotopic (exact) mass is 376 g/mol. The first-order chi connectivity index (χ1) is 12.4. The quantitative estimate of drug-likeness (QED) is 0.721. The molecule has 3 rings (SSSR count). The number of carbonyl (C=O) groups excluding carboxylic acids is 1. The van der Waals surface area contributed by atoms with Crippen LogP contribution in [0.2, 0.25) is 0 Å². The van der Waals surface area contributed by atoms with Gasteiger partial charge in [0.15, 0.2) is 0 Å². The summed E-state index contributed by atoms with van der Waals surface area (Å²) in [6.45, 7) is 2.13. The Balaban J connectivity index is 1.83. The number of likely N-dealkylation sites (N-methyl/N-ethyl adjacent to an activating group) is 1. The minimum absolute atomic E-state index is 0.0705. The number of hydrogen-bond acceptors (Lipinski definition) is 5. The summed E-state index contributed by atoms with van der Waals surface area (Å²) in [6.07, 6.45) is 3.37. The van der Waals surface area contributed by atoms with E-state index in [-0.39, 0.29) is 19.0 Å². The molecule has 0 unspecified atom stereocenters. The van der Waals surface area contributed by atoms with E-state index in [1.165, 1.54) is 4.31 Å². The van der Waals surface area contributed by atoms with Crippen LogP contribution in [-0.4, -0.2) is 63.3 Å². The molecule has 2 heterocycles. The smallest absolute Gasteiger partial charge is 0.243 e. The van der Waals surface area contributed by atoms with E-state index in [4.69, 9.17) is 5.26 Å². The Labute approximate surface area is 154 Å². The van der Waals surface area contributed by atoms with E-state index >= 15 is 0 Å². The molecule has 0 N–H and O–H groups in total. The first-order valence-corrected chi connectivity index (χ1v) is 10.4. The number of hydrogen-bond donors (Lipinski definition) is 0. The third-order valence-electron chi connectivity index (χ3n) is 4.92. The largest absolute Gasteiger partial charge is 0.311 e. The van der Waals surface area contributed by atoms with Crippen molar-refractivity contribution in [3.8, 4) is 6.07 Å². The van der Waals surface area contributed by atoms with Crippen LogP contribution in [0.15, 0.2) is 23.1 Å². The summed E-state index contributed by atoms with van der Waals surface area (Å²) in [5.41, 5.74) is 1.68. The second kappa shape index (κ2) is 7.74. The fourth-order valence-electron chi connectivity index (χ4n) is 3.56. The van der Waals surface area contributed by atoms with Gasteiger partial charge in [-0.3, -0.25) is 9.69 Å². The zero-order chi connectivity index (χ0) is 18.7. The Morgan fingerprint density at radius 1 is 1.23 bits per heavy atom. The van der Waals surface area contributed by atoms with E-state index in [1.54, 1.807) is 35.0 Å². The molecule has 0 saturated carbocycles. The number of fused-ring (bicyclic) bond motifs is 1. The maximum absolute atomic E-state index is 12.8. The van der Waals surface area contributed by atoms with Crippen molar-refractivity contribution < 1.29 is 13.2 Å². The lowest BCUT2D eigenvalue weighted by Gasteiger charge is -2.31. The molecule has 2 aliphatic rings. The summed E-state index contributed by atoms with van der Waals surface area (Å²) in [5.74, 6) is -0.0705. The van der Waals surface area contributed by atoms with Gasteiger partial charge in [0, 0.05) is 25.3 Å². The Bertz CT molecular complexity index is 825. The maximum Gasteiger partial charge on any atom is 0.243 e. The number of benzene rings is 1. The highest BCUT2D eigenvalue weighted by Crippen LogP contribution is 2.31. The molecule has 0 aliphatic carbocycles. The second-order valence-corrected chi connectivity index (χ2v) is 8.82. The molecule has 26 heavy (non-hydrogen) atoms. The van der Waals surface area contributed by atoms with Crippen LogP contribution in [0.5, 0.6) is 0 Å². The molecule has 0 aromatic heterocycles. The highest BCUT2D eigenvalue weighted by Gasteiger charge is 2.29. The van der Waals surface area contributed by atoms with Crippen molar-refractivity contribution in [2.24, 2.45) is 0 Å². The van der Waals surface area contributed by atoms with Crippen LogP contribution in [0.3, 0.4) is 0 Å². The molecular weight excluding hydrogens is 352 g/mol. The molecule has 0 bridgehead atoms. The van der Waals surface area contributed by atoms with Crippen molar-refractivity contribution in [2.45, 2.75) is 30.6 Å². The minimum atomic E-state index is -3.45. The van der Waals surface area contributed by atoms with Gasteiger partial charge in [-0.05, 0) is 56.5 Å².